The van der Waals surface area contributed by atoms with Crippen molar-refractivity contribution in [1.82, 2.24) is 14.4 Å². The normalized spacial score (nSPS) is 18.4. The zero-order valence-electron chi connectivity index (χ0n) is 14.5. The van der Waals surface area contributed by atoms with Crippen LogP contribution in [0, 0.1) is 13.8 Å². The molecule has 2 rings (SSSR count). The molecule has 1 amide bonds. The summed E-state index contributed by atoms with van der Waals surface area (Å²) in [5, 5.41) is 3.73. The summed E-state index contributed by atoms with van der Waals surface area (Å²) < 4.78 is 32.1. The van der Waals surface area contributed by atoms with Crippen LogP contribution in [-0.4, -0.2) is 60.9 Å². The molecule has 1 saturated heterocycles. The monoisotopic (exact) mass is 358 g/mol. The van der Waals surface area contributed by atoms with Crippen molar-refractivity contribution in [3.63, 3.8) is 0 Å². The predicted molar refractivity (Wildman–Crippen MR) is 88.8 cm³/mol. The summed E-state index contributed by atoms with van der Waals surface area (Å²) in [6.45, 7) is 6.65. The van der Waals surface area contributed by atoms with E-state index < -0.39 is 16.1 Å². The Labute approximate surface area is 143 Å². The number of nitrogens with two attached hydrogens (primary N) is 1. The molecular weight excluding hydrogens is 332 g/mol. The van der Waals surface area contributed by atoms with E-state index in [0.29, 0.717) is 38.2 Å². The van der Waals surface area contributed by atoms with E-state index in [1.165, 1.54) is 4.31 Å². The second kappa shape index (κ2) is 7.62. The van der Waals surface area contributed by atoms with Crippen molar-refractivity contribution in [1.29, 1.82) is 0 Å². The fourth-order valence-corrected chi connectivity index (χ4v) is 4.76. The molecule has 2 heterocycles. The van der Waals surface area contributed by atoms with Gasteiger partial charge in [0.25, 0.3) is 0 Å². The smallest absolute Gasteiger partial charge is 0.248 e. The first-order valence-corrected chi connectivity index (χ1v) is 9.70. The third kappa shape index (κ3) is 3.79. The van der Waals surface area contributed by atoms with Gasteiger partial charge in [-0.3, -0.25) is 4.79 Å². The Hall–Kier alpha value is -1.45. The molecule has 0 aromatic carbocycles. The minimum atomic E-state index is -3.68. The minimum Gasteiger partial charge on any atom is -0.360 e. The summed E-state index contributed by atoms with van der Waals surface area (Å²) in [5.74, 6) is 0.183. The Bertz CT molecular complexity index is 666. The average Bonchev–Trinajstić information content (AvgIpc) is 2.75. The number of aryl methyl sites for hydroxylation is 2. The van der Waals surface area contributed by atoms with E-state index in [4.69, 9.17) is 10.3 Å². The molecule has 0 radical (unpaired) electrons. The van der Waals surface area contributed by atoms with Gasteiger partial charge in [0.2, 0.25) is 15.9 Å². The van der Waals surface area contributed by atoms with E-state index in [9.17, 15) is 13.2 Å². The Morgan fingerprint density at radius 2 is 2.00 bits per heavy atom. The molecule has 1 atom stereocenters. The van der Waals surface area contributed by atoms with Crippen LogP contribution in [0.3, 0.4) is 0 Å². The Morgan fingerprint density at radius 3 is 2.58 bits per heavy atom. The highest BCUT2D eigenvalue weighted by molar-refractivity contribution is 7.89. The summed E-state index contributed by atoms with van der Waals surface area (Å²) >= 11 is 0. The van der Waals surface area contributed by atoms with Crippen LogP contribution in [0.1, 0.15) is 37.6 Å². The van der Waals surface area contributed by atoms with Crippen molar-refractivity contribution in [3.05, 3.63) is 11.5 Å². The molecule has 0 saturated carbocycles. The molecule has 8 nitrogen and oxygen atoms in total. The van der Waals surface area contributed by atoms with Crippen LogP contribution in [0.5, 0.6) is 0 Å². The topological polar surface area (TPSA) is 110 Å². The van der Waals surface area contributed by atoms with Crippen molar-refractivity contribution < 1.29 is 17.7 Å². The fraction of sp³-hybridized carbons (Fsp3) is 0.733. The van der Waals surface area contributed by atoms with Crippen LogP contribution in [0.15, 0.2) is 9.42 Å². The molecule has 1 fully saturated rings. The van der Waals surface area contributed by atoms with Crippen LogP contribution < -0.4 is 5.73 Å². The lowest BCUT2D eigenvalue weighted by Crippen LogP contribution is -2.45. The zero-order valence-corrected chi connectivity index (χ0v) is 15.3. The first-order chi connectivity index (χ1) is 11.3. The molecule has 2 N–H and O–H groups in total. The van der Waals surface area contributed by atoms with Gasteiger partial charge in [-0.15, -0.1) is 0 Å². The molecule has 136 valence electrons. The number of aromatic nitrogens is 1. The molecular formula is C15H26N4O4S. The second-order valence-corrected chi connectivity index (χ2v) is 8.01. The largest absolute Gasteiger partial charge is 0.360 e. The quantitative estimate of drug-likeness (QED) is 0.827. The third-order valence-corrected chi connectivity index (χ3v) is 6.39. The molecule has 1 aliphatic rings. The summed E-state index contributed by atoms with van der Waals surface area (Å²) in [4.78, 5) is 14.1. The van der Waals surface area contributed by atoms with Crippen LogP contribution in [0.25, 0.3) is 0 Å². The van der Waals surface area contributed by atoms with Gasteiger partial charge in [0.05, 0.1) is 6.04 Å². The lowest BCUT2D eigenvalue weighted by molar-refractivity contribution is -0.132. The lowest BCUT2D eigenvalue weighted by atomic mass is 10.1. The number of amides is 1. The molecule has 1 aromatic heterocycles. The number of rotatable bonds is 5. The second-order valence-electron chi connectivity index (χ2n) is 6.13. The Morgan fingerprint density at radius 1 is 1.29 bits per heavy atom. The molecule has 9 heteroatoms. The summed E-state index contributed by atoms with van der Waals surface area (Å²) in [6.07, 6.45) is 2.05. The Kier molecular flexibility index (Phi) is 6.00. The molecule has 1 aliphatic heterocycles. The Balaban J connectivity index is 2.12. The van der Waals surface area contributed by atoms with E-state index in [1.54, 1.807) is 18.7 Å². The van der Waals surface area contributed by atoms with Crippen molar-refractivity contribution in [2.24, 2.45) is 5.73 Å². The highest BCUT2D eigenvalue weighted by Crippen LogP contribution is 2.24. The van der Waals surface area contributed by atoms with Crippen molar-refractivity contribution >= 4 is 15.9 Å². The van der Waals surface area contributed by atoms with Crippen LogP contribution in [0.2, 0.25) is 0 Å². The molecule has 1 aromatic rings. The predicted octanol–water partition coefficient (Wildman–Crippen LogP) is 0.642. The van der Waals surface area contributed by atoms with Gasteiger partial charge < -0.3 is 15.2 Å². The van der Waals surface area contributed by atoms with Gasteiger partial charge in [-0.1, -0.05) is 18.5 Å². The van der Waals surface area contributed by atoms with Crippen molar-refractivity contribution in [3.8, 4) is 0 Å². The molecule has 0 spiro atoms. The van der Waals surface area contributed by atoms with Gasteiger partial charge in [0, 0.05) is 26.2 Å². The van der Waals surface area contributed by atoms with Gasteiger partial charge in [-0.2, -0.15) is 4.31 Å². The molecule has 0 bridgehead atoms. The average molecular weight is 358 g/mol. The van der Waals surface area contributed by atoms with Gasteiger partial charge in [0.15, 0.2) is 5.76 Å². The third-order valence-electron chi connectivity index (χ3n) is 4.25. The maximum Gasteiger partial charge on any atom is 0.248 e. The van der Waals surface area contributed by atoms with Crippen molar-refractivity contribution in [2.45, 2.75) is 51.0 Å². The van der Waals surface area contributed by atoms with Crippen molar-refractivity contribution in [2.75, 3.05) is 26.2 Å². The van der Waals surface area contributed by atoms with E-state index in [1.807, 2.05) is 6.92 Å². The number of carbonyl (C=O) groups excluding carboxylic acids is 1. The zero-order chi connectivity index (χ0) is 17.9. The van der Waals surface area contributed by atoms with Gasteiger partial charge in [-0.25, -0.2) is 8.42 Å². The van der Waals surface area contributed by atoms with Gasteiger partial charge in [0.1, 0.15) is 10.6 Å². The fourth-order valence-electron chi connectivity index (χ4n) is 3.00. The highest BCUT2D eigenvalue weighted by Gasteiger charge is 2.33. The maximum atomic E-state index is 12.9. The summed E-state index contributed by atoms with van der Waals surface area (Å²) in [6, 6.07) is -0.513. The first-order valence-electron chi connectivity index (χ1n) is 8.26. The molecule has 24 heavy (non-hydrogen) atoms. The lowest BCUT2D eigenvalue weighted by Gasteiger charge is -2.24. The summed E-state index contributed by atoms with van der Waals surface area (Å²) in [7, 11) is -3.68. The standard InChI is InChI=1S/C15H26N4O4S/c1-4-6-13(16)15(20)18-7-5-8-19(10-9-18)24(21,22)14-11(2)17-23-12(14)3/h13H,4-10,16H2,1-3H3. The number of nitrogens with zero attached hydrogens (tertiary/aromatic N) is 3. The first kappa shape index (κ1) is 18.9. The van der Waals surface area contributed by atoms with E-state index in [0.717, 1.165) is 6.42 Å². The van der Waals surface area contributed by atoms with Gasteiger partial charge >= 0.3 is 0 Å². The maximum absolute atomic E-state index is 12.9. The van der Waals surface area contributed by atoms with E-state index in [2.05, 4.69) is 5.16 Å². The number of sulfonamides is 1. The highest BCUT2D eigenvalue weighted by atomic mass is 32.2. The van der Waals surface area contributed by atoms with E-state index in [-0.39, 0.29) is 23.1 Å². The molecule has 0 aliphatic carbocycles. The number of hydrogen-bond donors (Lipinski definition) is 1. The number of carbonyl (C=O) groups is 1. The van der Waals surface area contributed by atoms with E-state index >= 15 is 0 Å². The van der Waals surface area contributed by atoms with Crippen LogP contribution in [-0.2, 0) is 14.8 Å². The SMILES string of the molecule is CCCC(N)C(=O)N1CCCN(S(=O)(=O)c2c(C)noc2C)CC1. The van der Waals surface area contributed by atoms with Gasteiger partial charge in [-0.05, 0) is 26.7 Å². The summed E-state index contributed by atoms with van der Waals surface area (Å²) in [5.41, 5.74) is 6.26. The minimum absolute atomic E-state index is 0.103. The number of hydrogen-bond acceptors (Lipinski definition) is 6. The van der Waals surface area contributed by atoms with Crippen LogP contribution >= 0.6 is 0 Å². The van der Waals surface area contributed by atoms with Crippen LogP contribution in [0.4, 0.5) is 0 Å². The molecule has 1 unspecified atom stereocenters.